The predicted molar refractivity (Wildman–Crippen MR) is 130 cm³/mol. The lowest BCUT2D eigenvalue weighted by Crippen LogP contribution is -2.43. The molecule has 1 aliphatic carbocycles. The van der Waals surface area contributed by atoms with Crippen molar-refractivity contribution in [2.75, 3.05) is 5.32 Å². The highest BCUT2D eigenvalue weighted by molar-refractivity contribution is 9.10. The Bertz CT molecular complexity index is 1020. The Labute approximate surface area is 193 Å². The lowest BCUT2D eigenvalue weighted by atomic mass is 9.94. The van der Waals surface area contributed by atoms with Crippen molar-refractivity contribution < 1.29 is 4.79 Å². The minimum atomic E-state index is -0.0198. The van der Waals surface area contributed by atoms with Gasteiger partial charge in [0.15, 0.2) is 0 Å². The van der Waals surface area contributed by atoms with Crippen molar-refractivity contribution in [1.82, 2.24) is 9.47 Å². The number of halogens is 1. The molecule has 0 unspecified atom stereocenters. The van der Waals surface area contributed by atoms with Crippen LogP contribution in [0.15, 0.2) is 71.3 Å². The molecule has 4 rings (SSSR count). The van der Waals surface area contributed by atoms with Crippen LogP contribution in [0.3, 0.4) is 0 Å². The fourth-order valence-corrected chi connectivity index (χ4v) is 4.81. The molecule has 0 saturated heterocycles. The Morgan fingerprint density at radius 2 is 1.87 bits per heavy atom. The summed E-state index contributed by atoms with van der Waals surface area (Å²) in [7, 11) is 0. The van der Waals surface area contributed by atoms with Gasteiger partial charge in [0.2, 0.25) is 0 Å². The molecule has 0 aliphatic heterocycles. The van der Waals surface area contributed by atoms with Crippen molar-refractivity contribution in [1.29, 1.82) is 0 Å². The Balaban J connectivity index is 1.55. The first kappa shape index (κ1) is 21.7. The van der Waals surface area contributed by atoms with Gasteiger partial charge in [-0.1, -0.05) is 65.5 Å². The van der Waals surface area contributed by atoms with E-state index >= 15 is 0 Å². The maximum Gasteiger partial charge on any atom is 0.322 e. The van der Waals surface area contributed by atoms with Crippen molar-refractivity contribution in [2.45, 2.75) is 58.2 Å². The van der Waals surface area contributed by atoms with Crippen LogP contribution in [-0.2, 0) is 13.1 Å². The van der Waals surface area contributed by atoms with Gasteiger partial charge in [0, 0.05) is 34.6 Å². The molecule has 1 fully saturated rings. The van der Waals surface area contributed by atoms with E-state index in [0.717, 1.165) is 29.5 Å². The molecule has 0 bridgehead atoms. The number of carbonyl (C=O) groups excluding carboxylic acids is 1. The molecule has 0 radical (unpaired) electrons. The van der Waals surface area contributed by atoms with E-state index in [1.807, 2.05) is 29.2 Å². The third-order valence-corrected chi connectivity index (χ3v) is 6.70. The molecule has 2 aromatic carbocycles. The van der Waals surface area contributed by atoms with Gasteiger partial charge in [-0.05, 0) is 61.2 Å². The van der Waals surface area contributed by atoms with Gasteiger partial charge in [0.1, 0.15) is 0 Å². The lowest BCUT2D eigenvalue weighted by Gasteiger charge is -2.34. The zero-order chi connectivity index (χ0) is 21.6. The van der Waals surface area contributed by atoms with Crippen LogP contribution >= 0.6 is 15.9 Å². The summed E-state index contributed by atoms with van der Waals surface area (Å²) in [6.07, 6.45) is 7.91. The summed E-state index contributed by atoms with van der Waals surface area (Å²) < 4.78 is 3.23. The summed E-state index contributed by atoms with van der Waals surface area (Å²) in [5.41, 5.74) is 4.58. The number of urea groups is 1. The van der Waals surface area contributed by atoms with Crippen LogP contribution in [0.25, 0.3) is 0 Å². The van der Waals surface area contributed by atoms with Crippen LogP contribution in [0.1, 0.15) is 48.9 Å². The van der Waals surface area contributed by atoms with E-state index < -0.39 is 0 Å². The molecular weight excluding hydrogens is 450 g/mol. The second-order valence-electron chi connectivity index (χ2n) is 8.41. The van der Waals surface area contributed by atoms with E-state index in [9.17, 15) is 4.79 Å². The summed E-state index contributed by atoms with van der Waals surface area (Å²) in [6.45, 7) is 3.59. The molecule has 5 heteroatoms. The number of carbonyl (C=O) groups is 1. The lowest BCUT2D eigenvalue weighted by molar-refractivity contribution is 0.161. The van der Waals surface area contributed by atoms with Crippen LogP contribution in [0, 0.1) is 6.92 Å². The summed E-state index contributed by atoms with van der Waals surface area (Å²) in [4.78, 5) is 15.4. The Hall–Kier alpha value is -2.53. The summed E-state index contributed by atoms with van der Waals surface area (Å²) in [6, 6.07) is 20.8. The van der Waals surface area contributed by atoms with Crippen LogP contribution in [-0.4, -0.2) is 21.5 Å². The highest BCUT2D eigenvalue weighted by atomic mass is 79.9. The average molecular weight is 480 g/mol. The Morgan fingerprint density at radius 3 is 2.65 bits per heavy atom. The number of nitrogens with zero attached hydrogens (tertiary/aromatic N) is 2. The standard InChI is InChI=1S/C26H30BrN3O/c1-20-9-5-6-10-21(20)18-29-16-8-15-25(29)19-30(24-13-3-2-4-14-24)26(31)28-23-12-7-11-22(27)17-23/h5-12,15-17,24H,2-4,13-14,18-19H2,1H3,(H,28,31). The maximum atomic E-state index is 13.4. The molecule has 0 spiro atoms. The molecule has 2 amide bonds. The molecule has 1 heterocycles. The highest BCUT2D eigenvalue weighted by Gasteiger charge is 2.26. The first-order valence-electron chi connectivity index (χ1n) is 11.1. The molecule has 1 N–H and O–H groups in total. The first-order chi connectivity index (χ1) is 15.1. The molecule has 31 heavy (non-hydrogen) atoms. The van der Waals surface area contributed by atoms with E-state index in [4.69, 9.17) is 0 Å². The topological polar surface area (TPSA) is 37.3 Å². The van der Waals surface area contributed by atoms with Gasteiger partial charge in [-0.3, -0.25) is 0 Å². The van der Waals surface area contributed by atoms with Crippen molar-refractivity contribution in [3.63, 3.8) is 0 Å². The third-order valence-electron chi connectivity index (χ3n) is 6.21. The van der Waals surface area contributed by atoms with E-state index in [0.29, 0.717) is 6.54 Å². The third kappa shape index (κ3) is 5.59. The predicted octanol–water partition coefficient (Wildman–Crippen LogP) is 6.97. The monoisotopic (exact) mass is 479 g/mol. The number of hydrogen-bond acceptors (Lipinski definition) is 1. The van der Waals surface area contributed by atoms with Gasteiger partial charge in [0.05, 0.1) is 6.54 Å². The van der Waals surface area contributed by atoms with Gasteiger partial charge in [0.25, 0.3) is 0 Å². The Morgan fingerprint density at radius 1 is 1.06 bits per heavy atom. The quantitative estimate of drug-likeness (QED) is 0.406. The number of nitrogens with one attached hydrogen (secondary N) is 1. The smallest absolute Gasteiger partial charge is 0.322 e. The van der Waals surface area contributed by atoms with Gasteiger partial charge >= 0.3 is 6.03 Å². The average Bonchev–Trinajstić information content (AvgIpc) is 3.21. The van der Waals surface area contributed by atoms with E-state index in [2.05, 4.69) is 75.3 Å². The molecular formula is C26H30BrN3O. The number of amides is 2. The van der Waals surface area contributed by atoms with Crippen molar-refractivity contribution in [2.24, 2.45) is 0 Å². The zero-order valence-electron chi connectivity index (χ0n) is 18.1. The van der Waals surface area contributed by atoms with Gasteiger partial charge in [-0.15, -0.1) is 0 Å². The van der Waals surface area contributed by atoms with Crippen molar-refractivity contribution in [3.05, 3.63) is 88.2 Å². The summed E-state index contributed by atoms with van der Waals surface area (Å²) in [5.74, 6) is 0. The zero-order valence-corrected chi connectivity index (χ0v) is 19.6. The van der Waals surface area contributed by atoms with Crippen LogP contribution in [0.5, 0.6) is 0 Å². The molecule has 162 valence electrons. The largest absolute Gasteiger partial charge is 0.345 e. The minimum absolute atomic E-state index is 0.0198. The SMILES string of the molecule is Cc1ccccc1Cn1cccc1CN(C(=O)Nc1cccc(Br)c1)C1CCCCC1. The summed E-state index contributed by atoms with van der Waals surface area (Å²) >= 11 is 3.49. The number of benzene rings is 2. The van der Waals surface area contributed by atoms with E-state index in [1.165, 1.54) is 36.1 Å². The van der Waals surface area contributed by atoms with E-state index in [1.54, 1.807) is 0 Å². The molecule has 0 atom stereocenters. The molecule has 3 aromatic rings. The number of aryl methyl sites for hydroxylation is 1. The van der Waals surface area contributed by atoms with Gasteiger partial charge in [-0.25, -0.2) is 4.79 Å². The maximum absolute atomic E-state index is 13.4. The van der Waals surface area contributed by atoms with Crippen LogP contribution < -0.4 is 5.32 Å². The number of anilines is 1. The normalized spacial score (nSPS) is 14.4. The van der Waals surface area contributed by atoms with Gasteiger partial charge < -0.3 is 14.8 Å². The van der Waals surface area contributed by atoms with Crippen molar-refractivity contribution in [3.8, 4) is 0 Å². The molecule has 1 aliphatic rings. The Kier molecular flexibility index (Phi) is 7.13. The van der Waals surface area contributed by atoms with Crippen molar-refractivity contribution >= 4 is 27.6 Å². The molecule has 1 saturated carbocycles. The molecule has 4 nitrogen and oxygen atoms in total. The number of hydrogen-bond donors (Lipinski definition) is 1. The molecule has 1 aromatic heterocycles. The fraction of sp³-hybridized carbons (Fsp3) is 0.346. The van der Waals surface area contributed by atoms with Gasteiger partial charge in [-0.2, -0.15) is 0 Å². The number of rotatable bonds is 6. The first-order valence-corrected chi connectivity index (χ1v) is 11.9. The fourth-order valence-electron chi connectivity index (χ4n) is 4.41. The van der Waals surface area contributed by atoms with Crippen LogP contribution in [0.2, 0.25) is 0 Å². The second kappa shape index (κ2) is 10.2. The highest BCUT2D eigenvalue weighted by Crippen LogP contribution is 2.26. The van der Waals surface area contributed by atoms with Crippen LogP contribution in [0.4, 0.5) is 10.5 Å². The minimum Gasteiger partial charge on any atom is -0.345 e. The number of aromatic nitrogens is 1. The summed E-state index contributed by atoms with van der Waals surface area (Å²) in [5, 5.41) is 3.12. The van der Waals surface area contributed by atoms with E-state index in [-0.39, 0.29) is 12.1 Å². The second-order valence-corrected chi connectivity index (χ2v) is 9.33.